The Morgan fingerprint density at radius 3 is 2.52 bits per heavy atom. The van der Waals surface area contributed by atoms with Crippen molar-refractivity contribution in [1.29, 1.82) is 0 Å². The van der Waals surface area contributed by atoms with Crippen LogP contribution >= 0.6 is 22.7 Å². The number of sulfonamides is 1. The lowest BCUT2D eigenvalue weighted by Crippen LogP contribution is -2.50. The van der Waals surface area contributed by atoms with Crippen molar-refractivity contribution in [3.8, 4) is 21.4 Å². The van der Waals surface area contributed by atoms with Crippen LogP contribution in [0.4, 0.5) is 0 Å². The van der Waals surface area contributed by atoms with Crippen LogP contribution in [-0.4, -0.2) is 67.9 Å². The predicted octanol–water partition coefficient (Wildman–Crippen LogP) is 2.79. The molecule has 0 saturated carbocycles. The Balaban J connectivity index is 1.26. The van der Waals surface area contributed by atoms with Crippen LogP contribution in [0.3, 0.4) is 0 Å². The summed E-state index contributed by atoms with van der Waals surface area (Å²) >= 11 is 3.02. The molecule has 0 unspecified atom stereocenters. The van der Waals surface area contributed by atoms with E-state index in [0.29, 0.717) is 43.5 Å². The number of thiophene rings is 1. The molecule has 162 valence electrons. The molecule has 3 aromatic rings. The van der Waals surface area contributed by atoms with E-state index in [4.69, 9.17) is 9.47 Å². The number of carbonyl (C=O) groups excluding carboxylic acids is 1. The number of rotatable bonds is 4. The SMILES string of the molecule is O=C(c1csc(-c2cccs2)n1)N1CCN(S(=O)(=O)c2ccc3c(c2)OCCO3)CC1. The van der Waals surface area contributed by atoms with Crippen molar-refractivity contribution in [3.05, 3.63) is 46.8 Å². The van der Waals surface area contributed by atoms with Gasteiger partial charge in [0.1, 0.15) is 23.9 Å². The largest absolute Gasteiger partial charge is 0.486 e. The predicted molar refractivity (Wildman–Crippen MR) is 118 cm³/mol. The molecule has 0 N–H and O–H groups in total. The molecule has 0 atom stereocenters. The average Bonchev–Trinajstić information content (AvgIpc) is 3.50. The Hall–Kier alpha value is -2.47. The second-order valence-corrected chi connectivity index (χ2v) is 10.8. The molecular formula is C20H19N3O5S3. The zero-order valence-corrected chi connectivity index (χ0v) is 18.8. The van der Waals surface area contributed by atoms with Gasteiger partial charge < -0.3 is 14.4 Å². The fraction of sp³-hybridized carbons (Fsp3) is 0.300. The topological polar surface area (TPSA) is 89.0 Å². The van der Waals surface area contributed by atoms with Gasteiger partial charge in [-0.05, 0) is 23.6 Å². The van der Waals surface area contributed by atoms with Crippen LogP contribution in [0.15, 0.2) is 46.0 Å². The van der Waals surface area contributed by atoms with E-state index in [0.717, 1.165) is 9.88 Å². The molecule has 1 aromatic carbocycles. The smallest absolute Gasteiger partial charge is 0.273 e. The highest BCUT2D eigenvalue weighted by Gasteiger charge is 2.32. The number of ether oxygens (including phenoxy) is 2. The van der Waals surface area contributed by atoms with Crippen LogP contribution in [0.2, 0.25) is 0 Å². The second-order valence-electron chi connectivity index (χ2n) is 7.02. The van der Waals surface area contributed by atoms with Gasteiger partial charge in [0, 0.05) is 37.6 Å². The van der Waals surface area contributed by atoms with Gasteiger partial charge in [0.2, 0.25) is 10.0 Å². The monoisotopic (exact) mass is 477 g/mol. The minimum atomic E-state index is -3.69. The normalized spacial score (nSPS) is 17.0. The van der Waals surface area contributed by atoms with E-state index in [1.165, 1.54) is 27.8 Å². The lowest BCUT2D eigenvalue weighted by molar-refractivity contribution is 0.0693. The second kappa shape index (κ2) is 8.23. The summed E-state index contributed by atoms with van der Waals surface area (Å²) in [4.78, 5) is 20.2. The zero-order valence-electron chi connectivity index (χ0n) is 16.4. The number of fused-ring (bicyclic) bond motifs is 1. The lowest BCUT2D eigenvalue weighted by atomic mass is 10.3. The Morgan fingerprint density at radius 2 is 1.77 bits per heavy atom. The summed E-state index contributed by atoms with van der Waals surface area (Å²) in [5.41, 5.74) is 0.400. The highest BCUT2D eigenvalue weighted by atomic mass is 32.2. The van der Waals surface area contributed by atoms with Gasteiger partial charge in [-0.2, -0.15) is 4.31 Å². The molecule has 11 heteroatoms. The first-order chi connectivity index (χ1) is 15.0. The van der Waals surface area contributed by atoms with Gasteiger partial charge in [-0.15, -0.1) is 22.7 Å². The van der Waals surface area contributed by atoms with E-state index in [-0.39, 0.29) is 23.9 Å². The van der Waals surface area contributed by atoms with Crippen molar-refractivity contribution in [2.24, 2.45) is 0 Å². The van der Waals surface area contributed by atoms with Gasteiger partial charge in [0.25, 0.3) is 5.91 Å². The molecule has 1 amide bonds. The van der Waals surface area contributed by atoms with Crippen molar-refractivity contribution in [2.75, 3.05) is 39.4 Å². The van der Waals surface area contributed by atoms with Gasteiger partial charge in [-0.3, -0.25) is 4.79 Å². The van der Waals surface area contributed by atoms with Crippen LogP contribution in [0.25, 0.3) is 9.88 Å². The number of thiazole rings is 1. The van der Waals surface area contributed by atoms with Gasteiger partial charge in [0.05, 0.1) is 9.77 Å². The number of amides is 1. The first kappa shape index (κ1) is 20.4. The number of nitrogens with zero attached hydrogens (tertiary/aromatic N) is 3. The minimum Gasteiger partial charge on any atom is -0.486 e. The summed E-state index contributed by atoms with van der Waals surface area (Å²) in [6.07, 6.45) is 0. The highest BCUT2D eigenvalue weighted by molar-refractivity contribution is 7.89. The van der Waals surface area contributed by atoms with Crippen LogP contribution in [0, 0.1) is 0 Å². The first-order valence-electron chi connectivity index (χ1n) is 9.71. The molecule has 0 radical (unpaired) electrons. The Kier molecular flexibility index (Phi) is 5.42. The maximum Gasteiger partial charge on any atom is 0.273 e. The van der Waals surface area contributed by atoms with E-state index in [1.54, 1.807) is 27.7 Å². The Labute approximate surface area is 187 Å². The van der Waals surface area contributed by atoms with Crippen molar-refractivity contribution in [2.45, 2.75) is 4.90 Å². The fourth-order valence-corrected chi connectivity index (χ4v) is 6.56. The van der Waals surface area contributed by atoms with Crippen molar-refractivity contribution >= 4 is 38.6 Å². The van der Waals surface area contributed by atoms with Crippen molar-refractivity contribution in [3.63, 3.8) is 0 Å². The number of aromatic nitrogens is 1. The molecule has 8 nitrogen and oxygen atoms in total. The van der Waals surface area contributed by atoms with Gasteiger partial charge in [-0.25, -0.2) is 13.4 Å². The summed E-state index contributed by atoms with van der Waals surface area (Å²) in [7, 11) is -3.69. The molecule has 5 rings (SSSR count). The molecule has 2 aromatic heterocycles. The van der Waals surface area contributed by atoms with E-state index in [1.807, 2.05) is 17.5 Å². The third-order valence-electron chi connectivity index (χ3n) is 5.13. The average molecular weight is 478 g/mol. The third-order valence-corrected chi connectivity index (χ3v) is 8.91. The number of benzene rings is 1. The fourth-order valence-electron chi connectivity index (χ4n) is 3.51. The molecule has 2 aliphatic heterocycles. The van der Waals surface area contributed by atoms with E-state index < -0.39 is 10.0 Å². The van der Waals surface area contributed by atoms with Crippen LogP contribution in [0.5, 0.6) is 11.5 Å². The van der Waals surface area contributed by atoms with Gasteiger partial charge in [0.15, 0.2) is 11.5 Å². The molecule has 31 heavy (non-hydrogen) atoms. The number of hydrogen-bond donors (Lipinski definition) is 0. The highest BCUT2D eigenvalue weighted by Crippen LogP contribution is 2.33. The summed E-state index contributed by atoms with van der Waals surface area (Å²) in [5, 5.41) is 4.55. The standard InChI is InChI=1S/C20H19N3O5S3/c24-20(15-13-30-19(21-15)18-2-1-11-29-18)22-5-7-23(8-6-22)31(25,26)14-3-4-16-17(12-14)28-10-9-27-16/h1-4,11-13H,5-10H2. The first-order valence-corrected chi connectivity index (χ1v) is 12.9. The number of carbonyl (C=O) groups is 1. The molecule has 1 fully saturated rings. The van der Waals surface area contributed by atoms with Crippen molar-refractivity contribution < 1.29 is 22.7 Å². The van der Waals surface area contributed by atoms with Crippen molar-refractivity contribution in [1.82, 2.24) is 14.2 Å². The van der Waals surface area contributed by atoms with E-state index in [2.05, 4.69) is 4.98 Å². The van der Waals surface area contributed by atoms with Crippen LogP contribution in [0.1, 0.15) is 10.5 Å². The summed E-state index contributed by atoms with van der Waals surface area (Å²) in [6.45, 7) is 1.92. The molecule has 0 bridgehead atoms. The Morgan fingerprint density at radius 1 is 1.00 bits per heavy atom. The lowest BCUT2D eigenvalue weighted by Gasteiger charge is -2.33. The minimum absolute atomic E-state index is 0.164. The number of hydrogen-bond acceptors (Lipinski definition) is 8. The number of piperazine rings is 1. The molecule has 2 aliphatic rings. The quantitative estimate of drug-likeness (QED) is 0.574. The van der Waals surface area contributed by atoms with Gasteiger partial charge >= 0.3 is 0 Å². The maximum atomic E-state index is 13.1. The van der Waals surface area contributed by atoms with E-state index in [9.17, 15) is 13.2 Å². The van der Waals surface area contributed by atoms with Gasteiger partial charge in [-0.1, -0.05) is 6.07 Å². The molecule has 0 spiro atoms. The summed E-state index contributed by atoms with van der Waals surface area (Å²) < 4.78 is 38.5. The Bertz CT molecular complexity index is 1200. The summed E-state index contributed by atoms with van der Waals surface area (Å²) in [6, 6.07) is 8.57. The zero-order chi connectivity index (χ0) is 21.4. The molecule has 0 aliphatic carbocycles. The molecular weight excluding hydrogens is 458 g/mol. The maximum absolute atomic E-state index is 13.1. The molecule has 1 saturated heterocycles. The van der Waals surface area contributed by atoms with E-state index >= 15 is 0 Å². The summed E-state index contributed by atoms with van der Waals surface area (Å²) in [5.74, 6) is 0.812. The molecule has 4 heterocycles. The third kappa shape index (κ3) is 3.93. The van der Waals surface area contributed by atoms with Crippen LogP contribution < -0.4 is 9.47 Å². The van der Waals surface area contributed by atoms with Crippen LogP contribution in [-0.2, 0) is 10.0 Å².